The summed E-state index contributed by atoms with van der Waals surface area (Å²) in [4.78, 5) is 11.1. The molecular formula is C22H19F3N2O5S. The number of hydrogen-bond donors (Lipinski definition) is 3. The zero-order valence-electron chi connectivity index (χ0n) is 17.2. The first-order chi connectivity index (χ1) is 15.5. The second-order valence-electron chi connectivity index (χ2n) is 6.97. The van der Waals surface area contributed by atoms with Crippen LogP contribution in [0.25, 0.3) is 0 Å². The quantitative estimate of drug-likeness (QED) is 0.280. The largest absolute Gasteiger partial charge is 0.497 e. The van der Waals surface area contributed by atoms with Crippen LogP contribution in [0.1, 0.15) is 27.0 Å². The molecule has 0 radical (unpaired) electrons. The first-order valence-electron chi connectivity index (χ1n) is 9.40. The van der Waals surface area contributed by atoms with E-state index in [-0.39, 0.29) is 11.3 Å². The average molecular weight is 480 g/mol. The first kappa shape index (κ1) is 24.1. The van der Waals surface area contributed by atoms with Crippen LogP contribution in [-0.4, -0.2) is 26.6 Å². The molecule has 0 heterocycles. The maximum atomic E-state index is 14.1. The summed E-state index contributed by atoms with van der Waals surface area (Å²) < 4.78 is 73.8. The minimum Gasteiger partial charge on any atom is -0.497 e. The van der Waals surface area contributed by atoms with Gasteiger partial charge >= 0.3 is 6.18 Å². The lowest BCUT2D eigenvalue weighted by Crippen LogP contribution is -2.25. The minimum absolute atomic E-state index is 0.330. The number of methoxy groups -OCH3 is 1. The Morgan fingerprint density at radius 3 is 2.21 bits per heavy atom. The lowest BCUT2D eigenvalue weighted by molar-refractivity contribution is -0.137. The van der Waals surface area contributed by atoms with Gasteiger partial charge in [-0.25, -0.2) is 13.9 Å². The molecule has 4 N–H and O–H groups in total. The van der Waals surface area contributed by atoms with E-state index in [0.29, 0.717) is 11.3 Å². The van der Waals surface area contributed by atoms with Gasteiger partial charge in [-0.1, -0.05) is 30.3 Å². The van der Waals surface area contributed by atoms with Crippen molar-refractivity contribution in [2.75, 3.05) is 12.8 Å². The fraction of sp³-hybridized carbons (Fsp3) is 0.136. The third-order valence-electron chi connectivity index (χ3n) is 4.95. The van der Waals surface area contributed by atoms with E-state index in [1.54, 1.807) is 30.3 Å². The van der Waals surface area contributed by atoms with Gasteiger partial charge in [0.15, 0.2) is 0 Å². The number of benzene rings is 3. The number of amides is 1. The number of sulfone groups is 1. The van der Waals surface area contributed by atoms with Crippen molar-refractivity contribution < 1.29 is 36.3 Å². The summed E-state index contributed by atoms with van der Waals surface area (Å²) >= 11 is 0. The molecule has 0 aliphatic carbocycles. The van der Waals surface area contributed by atoms with Gasteiger partial charge in [0, 0.05) is 5.56 Å². The maximum Gasteiger partial charge on any atom is 0.418 e. The predicted molar refractivity (Wildman–Crippen MR) is 113 cm³/mol. The number of anilines is 1. The predicted octanol–water partition coefficient (Wildman–Crippen LogP) is 3.84. The number of nitrogen functional groups attached to an aromatic ring is 1. The van der Waals surface area contributed by atoms with Crippen LogP contribution in [0.15, 0.2) is 70.5 Å². The van der Waals surface area contributed by atoms with Crippen molar-refractivity contribution >= 4 is 21.4 Å². The summed E-state index contributed by atoms with van der Waals surface area (Å²) in [6.45, 7) is 0. The highest BCUT2D eigenvalue weighted by molar-refractivity contribution is 7.91. The van der Waals surface area contributed by atoms with Gasteiger partial charge in [0.25, 0.3) is 5.91 Å². The maximum absolute atomic E-state index is 14.1. The number of hydrogen-bond acceptors (Lipinski definition) is 6. The zero-order chi connectivity index (χ0) is 24.4. The molecule has 0 saturated heterocycles. The molecule has 11 heteroatoms. The van der Waals surface area contributed by atoms with E-state index in [4.69, 9.17) is 15.7 Å². The Bertz CT molecular complexity index is 1280. The van der Waals surface area contributed by atoms with Crippen molar-refractivity contribution in [1.29, 1.82) is 0 Å². The Balaban J connectivity index is 2.33. The minimum atomic E-state index is -5.09. The summed E-state index contributed by atoms with van der Waals surface area (Å²) in [5.41, 5.74) is 3.76. The summed E-state index contributed by atoms with van der Waals surface area (Å²) in [6, 6.07) is 13.6. The normalized spacial score (nSPS) is 11.8. The molecule has 0 saturated carbocycles. The molecule has 0 fully saturated rings. The van der Waals surface area contributed by atoms with Gasteiger partial charge in [0.1, 0.15) is 5.75 Å². The standard InChI is InChI=1S/C22H19F3N2O5S/c1-32-14-7-9-15(10-8-14)33(30,31)18-12-17(21(28)27-29)16(11-13-5-3-2-4-6-13)19(20(18)26)22(23,24)25/h2-10,12,29H,11,26H2,1H3,(H,27,28). The number of nitrogens with one attached hydrogen (secondary N) is 1. The number of nitrogens with two attached hydrogens (primary N) is 1. The third-order valence-corrected chi connectivity index (χ3v) is 6.76. The number of rotatable bonds is 6. The van der Waals surface area contributed by atoms with Gasteiger partial charge in [0.05, 0.1) is 28.2 Å². The molecule has 0 aliphatic heterocycles. The first-order valence-corrected chi connectivity index (χ1v) is 10.9. The van der Waals surface area contributed by atoms with E-state index in [2.05, 4.69) is 0 Å². The van der Waals surface area contributed by atoms with E-state index < -0.39 is 49.2 Å². The topological polar surface area (TPSA) is 119 Å². The molecule has 0 atom stereocenters. The Kier molecular flexibility index (Phi) is 6.65. The molecule has 0 aromatic heterocycles. The molecule has 1 amide bonds. The number of hydroxylamine groups is 1. The van der Waals surface area contributed by atoms with Crippen molar-refractivity contribution in [3.05, 3.63) is 82.9 Å². The van der Waals surface area contributed by atoms with Crippen LogP contribution in [0, 0.1) is 0 Å². The smallest absolute Gasteiger partial charge is 0.418 e. The summed E-state index contributed by atoms with van der Waals surface area (Å²) in [5.74, 6) is -0.978. The van der Waals surface area contributed by atoms with Gasteiger partial charge in [0.2, 0.25) is 9.84 Å². The molecule has 0 spiro atoms. The molecule has 33 heavy (non-hydrogen) atoms. The highest BCUT2D eigenvalue weighted by atomic mass is 32.2. The van der Waals surface area contributed by atoms with E-state index in [1.165, 1.54) is 24.7 Å². The highest BCUT2D eigenvalue weighted by Crippen LogP contribution is 2.43. The molecule has 0 aliphatic rings. The number of ether oxygens (including phenoxy) is 1. The molecule has 3 aromatic carbocycles. The molecule has 3 aromatic rings. The summed E-state index contributed by atoms with van der Waals surface area (Å²) in [6.07, 6.45) is -5.48. The highest BCUT2D eigenvalue weighted by Gasteiger charge is 2.41. The molecule has 174 valence electrons. The van der Waals surface area contributed by atoms with E-state index in [9.17, 15) is 26.4 Å². The van der Waals surface area contributed by atoms with Gasteiger partial charge in [-0.2, -0.15) is 13.2 Å². The van der Waals surface area contributed by atoms with Crippen molar-refractivity contribution in [3.8, 4) is 5.75 Å². The molecule has 0 bridgehead atoms. The van der Waals surface area contributed by atoms with Gasteiger partial charge < -0.3 is 10.5 Å². The second kappa shape index (κ2) is 9.12. The monoisotopic (exact) mass is 480 g/mol. The Morgan fingerprint density at radius 1 is 1.09 bits per heavy atom. The number of alkyl halides is 3. The third kappa shape index (κ3) is 4.78. The lowest BCUT2D eigenvalue weighted by atomic mass is 9.92. The van der Waals surface area contributed by atoms with Gasteiger partial charge in [-0.15, -0.1) is 0 Å². The van der Waals surface area contributed by atoms with Crippen molar-refractivity contribution in [2.45, 2.75) is 22.4 Å². The molecule has 7 nitrogen and oxygen atoms in total. The summed E-state index contributed by atoms with van der Waals surface area (Å²) in [7, 11) is -3.21. The Morgan fingerprint density at radius 2 is 1.70 bits per heavy atom. The number of carbonyl (C=O) groups is 1. The van der Waals surface area contributed by atoms with E-state index in [1.807, 2.05) is 0 Å². The average Bonchev–Trinajstić information content (AvgIpc) is 2.78. The molecule has 0 unspecified atom stereocenters. The van der Waals surface area contributed by atoms with Crippen LogP contribution >= 0.6 is 0 Å². The van der Waals surface area contributed by atoms with E-state index in [0.717, 1.165) is 18.2 Å². The van der Waals surface area contributed by atoms with Gasteiger partial charge in [-0.05, 0) is 47.9 Å². The van der Waals surface area contributed by atoms with Crippen LogP contribution in [0.2, 0.25) is 0 Å². The van der Waals surface area contributed by atoms with Crippen LogP contribution in [-0.2, 0) is 22.4 Å². The van der Waals surface area contributed by atoms with E-state index >= 15 is 0 Å². The van der Waals surface area contributed by atoms with Crippen LogP contribution in [0.4, 0.5) is 18.9 Å². The Labute approximate surface area is 187 Å². The zero-order valence-corrected chi connectivity index (χ0v) is 18.0. The van der Waals surface area contributed by atoms with Crippen molar-refractivity contribution in [1.82, 2.24) is 5.48 Å². The SMILES string of the molecule is COc1ccc(S(=O)(=O)c2cc(C(=O)NO)c(Cc3ccccc3)c(C(F)(F)F)c2N)cc1. The lowest BCUT2D eigenvalue weighted by Gasteiger charge is -2.21. The summed E-state index contributed by atoms with van der Waals surface area (Å²) in [5, 5.41) is 9.13. The van der Waals surface area contributed by atoms with Crippen LogP contribution in [0.5, 0.6) is 5.75 Å². The van der Waals surface area contributed by atoms with Crippen molar-refractivity contribution in [3.63, 3.8) is 0 Å². The fourth-order valence-corrected chi connectivity index (χ4v) is 4.80. The molecule has 3 rings (SSSR count). The Hall–Kier alpha value is -3.57. The fourth-order valence-electron chi connectivity index (χ4n) is 3.39. The van der Waals surface area contributed by atoms with Crippen molar-refractivity contribution in [2.24, 2.45) is 0 Å². The molecular weight excluding hydrogens is 461 g/mol. The van der Waals surface area contributed by atoms with Crippen LogP contribution in [0.3, 0.4) is 0 Å². The van der Waals surface area contributed by atoms with Crippen LogP contribution < -0.4 is 16.0 Å². The van der Waals surface area contributed by atoms with Gasteiger partial charge in [-0.3, -0.25) is 10.0 Å². The number of halogens is 3. The second-order valence-corrected chi connectivity index (χ2v) is 8.89. The number of carbonyl (C=O) groups excluding carboxylic acids is 1.